The summed E-state index contributed by atoms with van der Waals surface area (Å²) in [6.45, 7) is 3.42. The minimum absolute atomic E-state index is 0.0601. The Kier molecular flexibility index (Phi) is 5.03. The van der Waals surface area contributed by atoms with Crippen LogP contribution in [-0.2, 0) is 11.2 Å². The van der Waals surface area contributed by atoms with E-state index in [0.717, 1.165) is 41.9 Å². The number of hydrogen-bond acceptors (Lipinski definition) is 5. The Morgan fingerprint density at radius 3 is 2.61 bits per heavy atom. The minimum Gasteiger partial charge on any atom is -0.383 e. The Morgan fingerprint density at radius 1 is 1.00 bits per heavy atom. The molecule has 3 N–H and O–H groups in total. The van der Waals surface area contributed by atoms with E-state index >= 15 is 4.39 Å². The van der Waals surface area contributed by atoms with Crippen LogP contribution < -0.4 is 16.0 Å². The molecule has 0 saturated carbocycles. The fraction of sp³-hybridized carbons (Fsp3) is 0.250. The summed E-state index contributed by atoms with van der Waals surface area (Å²) >= 11 is 0. The van der Waals surface area contributed by atoms with Gasteiger partial charge in [-0.2, -0.15) is 0 Å². The van der Waals surface area contributed by atoms with E-state index in [9.17, 15) is 4.79 Å². The molecule has 0 atom stereocenters. The van der Waals surface area contributed by atoms with Crippen molar-refractivity contribution >= 4 is 17.4 Å². The highest BCUT2D eigenvalue weighted by Crippen LogP contribution is 2.33. The second kappa shape index (κ2) is 8.00. The van der Waals surface area contributed by atoms with Crippen molar-refractivity contribution in [1.82, 2.24) is 10.3 Å². The van der Waals surface area contributed by atoms with Gasteiger partial charge in [-0.15, -0.1) is 0 Å². The Balaban J connectivity index is 1.50. The number of aromatic nitrogens is 1. The summed E-state index contributed by atoms with van der Waals surface area (Å²) < 4.78 is 20.4. The molecule has 0 radical (unpaired) electrons. The normalized spacial score (nSPS) is 16.0. The lowest BCUT2D eigenvalue weighted by atomic mass is 9.94. The number of ether oxygens (including phenoxy) is 1. The molecule has 2 aliphatic rings. The number of nitrogens with zero attached hydrogens (tertiary/aromatic N) is 2. The highest BCUT2D eigenvalue weighted by Gasteiger charge is 2.19. The monoisotopic (exact) mass is 418 g/mol. The maximum Gasteiger partial charge on any atom is 0.251 e. The molecular weight excluding hydrogens is 395 g/mol. The van der Waals surface area contributed by atoms with Gasteiger partial charge >= 0.3 is 0 Å². The van der Waals surface area contributed by atoms with Gasteiger partial charge in [0.15, 0.2) is 0 Å². The van der Waals surface area contributed by atoms with Crippen LogP contribution in [0.1, 0.15) is 15.9 Å². The highest BCUT2D eigenvalue weighted by atomic mass is 19.1. The summed E-state index contributed by atoms with van der Waals surface area (Å²) in [5, 5.41) is 2.85. The summed E-state index contributed by atoms with van der Waals surface area (Å²) in [5.41, 5.74) is 11.4. The number of nitrogens with one attached hydrogen (secondary N) is 1. The first-order valence-corrected chi connectivity index (χ1v) is 10.4. The van der Waals surface area contributed by atoms with E-state index in [1.807, 2.05) is 30.3 Å². The SMILES string of the molecule is Nc1ncc(-c2ccc(N3CCOCC3)cc2F)cc1-c1ccc2c(c1)CCNC2=O. The summed E-state index contributed by atoms with van der Waals surface area (Å²) in [4.78, 5) is 18.5. The molecule has 1 saturated heterocycles. The first kappa shape index (κ1) is 19.5. The third kappa shape index (κ3) is 3.72. The molecule has 3 aromatic rings. The van der Waals surface area contributed by atoms with Crippen LogP contribution >= 0.6 is 0 Å². The zero-order valence-electron chi connectivity index (χ0n) is 17.0. The zero-order chi connectivity index (χ0) is 21.4. The van der Waals surface area contributed by atoms with Crippen LogP contribution in [0.5, 0.6) is 0 Å². The molecule has 158 valence electrons. The van der Waals surface area contributed by atoms with Crippen LogP contribution in [0, 0.1) is 5.82 Å². The largest absolute Gasteiger partial charge is 0.383 e. The zero-order valence-corrected chi connectivity index (χ0v) is 17.0. The molecule has 3 heterocycles. The lowest BCUT2D eigenvalue weighted by molar-refractivity contribution is 0.0946. The molecule has 7 heteroatoms. The smallest absolute Gasteiger partial charge is 0.251 e. The molecule has 1 amide bonds. The Hall–Kier alpha value is -3.45. The Morgan fingerprint density at radius 2 is 1.81 bits per heavy atom. The van der Waals surface area contributed by atoms with Gasteiger partial charge in [-0.3, -0.25) is 4.79 Å². The number of nitrogen functional groups attached to an aromatic ring is 1. The van der Waals surface area contributed by atoms with E-state index < -0.39 is 0 Å². The number of carbonyl (C=O) groups excluding carboxylic acids is 1. The van der Waals surface area contributed by atoms with Gasteiger partial charge in [0, 0.05) is 53.8 Å². The third-order valence-electron chi connectivity index (χ3n) is 5.90. The van der Waals surface area contributed by atoms with E-state index in [1.54, 1.807) is 18.3 Å². The van der Waals surface area contributed by atoms with Crippen molar-refractivity contribution in [1.29, 1.82) is 0 Å². The van der Waals surface area contributed by atoms with Crippen molar-refractivity contribution in [2.24, 2.45) is 0 Å². The number of carbonyl (C=O) groups is 1. The van der Waals surface area contributed by atoms with E-state index in [0.29, 0.717) is 42.3 Å². The minimum atomic E-state index is -0.302. The number of morpholine rings is 1. The molecule has 1 fully saturated rings. The van der Waals surface area contributed by atoms with Crippen molar-refractivity contribution in [2.75, 3.05) is 43.5 Å². The summed E-state index contributed by atoms with van der Waals surface area (Å²) in [6.07, 6.45) is 2.36. The number of pyridine rings is 1. The molecule has 0 aliphatic carbocycles. The van der Waals surface area contributed by atoms with Crippen LogP contribution in [0.2, 0.25) is 0 Å². The fourth-order valence-electron chi connectivity index (χ4n) is 4.21. The van der Waals surface area contributed by atoms with Crippen molar-refractivity contribution in [3.63, 3.8) is 0 Å². The quantitative estimate of drug-likeness (QED) is 0.683. The molecule has 5 rings (SSSR count). The number of fused-ring (bicyclic) bond motifs is 1. The van der Waals surface area contributed by atoms with Crippen LogP contribution in [0.4, 0.5) is 15.9 Å². The number of amides is 1. The van der Waals surface area contributed by atoms with Crippen molar-refractivity contribution in [3.05, 3.63) is 65.6 Å². The number of nitrogens with two attached hydrogens (primary N) is 1. The molecule has 2 aromatic carbocycles. The molecule has 0 unspecified atom stereocenters. The van der Waals surface area contributed by atoms with E-state index in [1.165, 1.54) is 0 Å². The van der Waals surface area contributed by atoms with Gasteiger partial charge in [-0.1, -0.05) is 12.1 Å². The fourth-order valence-corrected chi connectivity index (χ4v) is 4.21. The van der Waals surface area contributed by atoms with Gasteiger partial charge in [-0.25, -0.2) is 9.37 Å². The highest BCUT2D eigenvalue weighted by molar-refractivity contribution is 5.97. The van der Waals surface area contributed by atoms with Crippen LogP contribution in [-0.4, -0.2) is 43.7 Å². The van der Waals surface area contributed by atoms with Crippen LogP contribution in [0.15, 0.2) is 48.7 Å². The van der Waals surface area contributed by atoms with Gasteiger partial charge in [0.25, 0.3) is 5.91 Å². The Labute approximate surface area is 179 Å². The molecule has 0 bridgehead atoms. The number of anilines is 2. The lowest BCUT2D eigenvalue weighted by Gasteiger charge is -2.29. The van der Waals surface area contributed by atoms with Gasteiger partial charge in [0.05, 0.1) is 13.2 Å². The first-order valence-electron chi connectivity index (χ1n) is 10.4. The summed E-state index contributed by atoms with van der Waals surface area (Å²) in [6, 6.07) is 12.8. The van der Waals surface area contributed by atoms with Crippen molar-refractivity contribution in [3.8, 4) is 22.3 Å². The lowest BCUT2D eigenvalue weighted by Crippen LogP contribution is -2.36. The molecular formula is C24H23FN4O2. The third-order valence-corrected chi connectivity index (χ3v) is 5.90. The van der Waals surface area contributed by atoms with E-state index in [2.05, 4.69) is 15.2 Å². The predicted molar refractivity (Wildman–Crippen MR) is 119 cm³/mol. The summed E-state index contributed by atoms with van der Waals surface area (Å²) in [7, 11) is 0. The summed E-state index contributed by atoms with van der Waals surface area (Å²) in [5.74, 6) is 0.00741. The first-order chi connectivity index (χ1) is 15.1. The number of hydrogen-bond donors (Lipinski definition) is 2. The second-order valence-electron chi connectivity index (χ2n) is 7.80. The van der Waals surface area contributed by atoms with Gasteiger partial charge < -0.3 is 20.7 Å². The average Bonchev–Trinajstić information content (AvgIpc) is 2.80. The molecule has 0 spiro atoms. The second-order valence-corrected chi connectivity index (χ2v) is 7.80. The average molecular weight is 418 g/mol. The molecule has 31 heavy (non-hydrogen) atoms. The molecule has 2 aliphatic heterocycles. The molecule has 1 aromatic heterocycles. The van der Waals surface area contributed by atoms with Gasteiger partial charge in [0.1, 0.15) is 11.6 Å². The topological polar surface area (TPSA) is 80.5 Å². The Bertz CT molecular complexity index is 1160. The van der Waals surface area contributed by atoms with Crippen LogP contribution in [0.3, 0.4) is 0 Å². The number of benzene rings is 2. The maximum atomic E-state index is 15.0. The molecule has 6 nitrogen and oxygen atoms in total. The van der Waals surface area contributed by atoms with Crippen molar-refractivity contribution in [2.45, 2.75) is 6.42 Å². The predicted octanol–water partition coefficient (Wildman–Crippen LogP) is 3.26. The number of rotatable bonds is 3. The maximum absolute atomic E-state index is 15.0. The van der Waals surface area contributed by atoms with Gasteiger partial charge in [-0.05, 0) is 47.9 Å². The van der Waals surface area contributed by atoms with Crippen LogP contribution in [0.25, 0.3) is 22.3 Å². The van der Waals surface area contributed by atoms with E-state index in [-0.39, 0.29) is 11.7 Å². The van der Waals surface area contributed by atoms with Crippen molar-refractivity contribution < 1.29 is 13.9 Å². The standard InChI is InChI=1S/C24H23FN4O2/c25-22-13-18(29-7-9-31-10-8-29)2-4-19(22)17-12-21(23(26)28-14-17)15-1-3-20-16(11-15)5-6-27-24(20)30/h1-4,11-14H,5-10H2,(H2,26,28)(H,27,30). The number of halogens is 1. The van der Waals surface area contributed by atoms with Gasteiger partial charge in [0.2, 0.25) is 0 Å². The van der Waals surface area contributed by atoms with E-state index in [4.69, 9.17) is 10.5 Å².